The second-order valence-corrected chi connectivity index (χ2v) is 8.93. The Morgan fingerprint density at radius 1 is 1.13 bits per heavy atom. The second-order valence-electron chi connectivity index (χ2n) is 8.93. The summed E-state index contributed by atoms with van der Waals surface area (Å²) in [5, 5.41) is 0. The van der Waals surface area contributed by atoms with E-state index in [0.29, 0.717) is 5.92 Å². The molecule has 0 spiro atoms. The van der Waals surface area contributed by atoms with E-state index in [0.717, 1.165) is 91.6 Å². The number of benzene rings is 1. The van der Waals surface area contributed by atoms with Gasteiger partial charge in [-0.15, -0.1) is 0 Å². The molecule has 2 N–H and O–H groups in total. The van der Waals surface area contributed by atoms with Gasteiger partial charge in [0.2, 0.25) is 0 Å². The van der Waals surface area contributed by atoms with E-state index >= 15 is 0 Å². The Hall–Kier alpha value is -2.64. The Bertz CT molecular complexity index is 1100. The number of Topliss-reactive ketones (excluding diaryl/α,β-unsaturated/α-hetero) is 1. The Morgan fingerprint density at radius 2 is 1.87 bits per heavy atom. The number of carbonyl (C=O) groups excluding carboxylic acids is 1. The van der Waals surface area contributed by atoms with Crippen molar-refractivity contribution in [1.82, 2.24) is 19.9 Å². The lowest BCUT2D eigenvalue weighted by molar-refractivity contribution is 0.0847. The van der Waals surface area contributed by atoms with E-state index in [4.69, 9.17) is 9.72 Å². The molecule has 5 rings (SSSR count). The van der Waals surface area contributed by atoms with E-state index in [-0.39, 0.29) is 5.78 Å². The molecule has 0 unspecified atom stereocenters. The largest absolute Gasteiger partial charge is 0.381 e. The predicted molar refractivity (Wildman–Crippen MR) is 123 cm³/mol. The first-order valence-electron chi connectivity index (χ1n) is 11.3. The van der Waals surface area contributed by atoms with Gasteiger partial charge >= 0.3 is 0 Å². The minimum atomic E-state index is 0.106. The summed E-state index contributed by atoms with van der Waals surface area (Å²) in [5.74, 6) is 1.22. The second kappa shape index (κ2) is 8.13. The highest BCUT2D eigenvalue weighted by atomic mass is 16.5. The normalized spacial score (nSPS) is 18.7. The number of aromatic nitrogens is 3. The van der Waals surface area contributed by atoms with Crippen LogP contribution in [-0.4, -0.2) is 72.1 Å². The summed E-state index contributed by atoms with van der Waals surface area (Å²) < 4.78 is 5.57. The van der Waals surface area contributed by atoms with Gasteiger partial charge in [-0.1, -0.05) is 0 Å². The zero-order valence-corrected chi connectivity index (χ0v) is 18.6. The third-order valence-corrected chi connectivity index (χ3v) is 6.78. The van der Waals surface area contributed by atoms with Gasteiger partial charge in [0.15, 0.2) is 11.6 Å². The molecule has 3 aromatic rings. The number of nitrogens with one attached hydrogen (secondary N) is 2. The number of rotatable bonds is 4. The zero-order valence-electron chi connectivity index (χ0n) is 18.6. The minimum absolute atomic E-state index is 0.106. The molecule has 164 valence electrons. The summed E-state index contributed by atoms with van der Waals surface area (Å²) in [6.45, 7) is 9.34. The van der Waals surface area contributed by atoms with Crippen molar-refractivity contribution in [2.45, 2.75) is 32.6 Å². The molecular weight excluding hydrogens is 390 g/mol. The number of anilines is 1. The van der Waals surface area contributed by atoms with Gasteiger partial charge in [-0.05, 0) is 63.4 Å². The number of ether oxygens (including phenoxy) is 1. The molecule has 2 aliphatic rings. The molecule has 4 heterocycles. The van der Waals surface area contributed by atoms with Crippen LogP contribution in [0.25, 0.3) is 22.6 Å². The number of hydrogen-bond acceptors (Lipinski definition) is 5. The number of piperazine rings is 1. The smallest absolute Gasteiger partial charge is 0.161 e. The van der Waals surface area contributed by atoms with Gasteiger partial charge in [0.05, 0.1) is 16.7 Å². The number of ketones is 1. The van der Waals surface area contributed by atoms with E-state index in [1.165, 1.54) is 5.69 Å². The van der Waals surface area contributed by atoms with Crippen molar-refractivity contribution in [2.24, 2.45) is 0 Å². The summed E-state index contributed by atoms with van der Waals surface area (Å²) in [4.78, 5) is 29.2. The number of imidazole rings is 1. The molecule has 2 aromatic heterocycles. The molecule has 2 saturated heterocycles. The van der Waals surface area contributed by atoms with Crippen molar-refractivity contribution in [3.05, 3.63) is 35.0 Å². The molecule has 2 fully saturated rings. The lowest BCUT2D eigenvalue weighted by atomic mass is 9.87. The van der Waals surface area contributed by atoms with E-state index in [1.54, 1.807) is 6.92 Å². The summed E-state index contributed by atoms with van der Waals surface area (Å²) >= 11 is 0. The van der Waals surface area contributed by atoms with Gasteiger partial charge in [0.25, 0.3) is 0 Å². The standard InChI is InChI=1S/C24H31N5O2/c1-15-21(16(2)30)22(17-6-12-31-13-7-17)23(25-15)24-26-19-5-4-18(14-20(19)27-24)29-10-8-28(3)9-11-29/h4-5,14,17,25H,6-13H2,1-3H3,(H,26,27). The van der Waals surface area contributed by atoms with E-state index < -0.39 is 0 Å². The van der Waals surface area contributed by atoms with E-state index in [1.807, 2.05) is 6.92 Å². The van der Waals surface area contributed by atoms with Crippen LogP contribution in [0.15, 0.2) is 18.2 Å². The highest BCUT2D eigenvalue weighted by Crippen LogP contribution is 2.38. The van der Waals surface area contributed by atoms with Crippen LogP contribution in [0, 0.1) is 6.92 Å². The number of H-pyrrole nitrogens is 2. The first-order valence-corrected chi connectivity index (χ1v) is 11.3. The fourth-order valence-corrected chi connectivity index (χ4v) is 5.06. The lowest BCUT2D eigenvalue weighted by Crippen LogP contribution is -2.44. The van der Waals surface area contributed by atoms with Crippen LogP contribution in [0.1, 0.15) is 47.3 Å². The molecular formula is C24H31N5O2. The first-order chi connectivity index (χ1) is 15.0. The van der Waals surface area contributed by atoms with Crippen LogP contribution in [0.4, 0.5) is 5.69 Å². The van der Waals surface area contributed by atoms with Crippen molar-refractivity contribution in [3.63, 3.8) is 0 Å². The fourth-order valence-electron chi connectivity index (χ4n) is 5.06. The fraction of sp³-hybridized carbons (Fsp3) is 0.500. The van der Waals surface area contributed by atoms with Crippen LogP contribution in [0.3, 0.4) is 0 Å². The van der Waals surface area contributed by atoms with Gasteiger partial charge in [-0.25, -0.2) is 4.98 Å². The molecule has 0 saturated carbocycles. The maximum absolute atomic E-state index is 12.5. The number of hydrogen-bond donors (Lipinski definition) is 2. The van der Waals surface area contributed by atoms with Gasteiger partial charge < -0.3 is 24.5 Å². The van der Waals surface area contributed by atoms with E-state index in [2.05, 4.69) is 45.0 Å². The van der Waals surface area contributed by atoms with Crippen LogP contribution in [0.5, 0.6) is 0 Å². The third kappa shape index (κ3) is 3.77. The molecule has 0 aliphatic carbocycles. The SMILES string of the molecule is CC(=O)c1c(C)[nH]c(-c2nc3ccc(N4CCN(C)CC4)cc3[nH]2)c1C1CCOCC1. The van der Waals surface area contributed by atoms with Crippen molar-refractivity contribution < 1.29 is 9.53 Å². The van der Waals surface area contributed by atoms with Gasteiger partial charge in [0.1, 0.15) is 0 Å². The topological polar surface area (TPSA) is 77.3 Å². The Morgan fingerprint density at radius 3 is 2.58 bits per heavy atom. The number of carbonyl (C=O) groups is 1. The Balaban J connectivity index is 1.54. The Labute approximate surface area is 182 Å². The molecule has 0 atom stereocenters. The molecule has 0 amide bonds. The summed E-state index contributed by atoms with van der Waals surface area (Å²) in [7, 11) is 2.17. The Kier molecular flexibility index (Phi) is 5.32. The van der Waals surface area contributed by atoms with Gasteiger partial charge in [0, 0.05) is 56.3 Å². The first kappa shape index (κ1) is 20.3. The van der Waals surface area contributed by atoms with Crippen LogP contribution in [-0.2, 0) is 4.74 Å². The van der Waals surface area contributed by atoms with Crippen molar-refractivity contribution in [1.29, 1.82) is 0 Å². The average molecular weight is 422 g/mol. The van der Waals surface area contributed by atoms with Crippen LogP contribution >= 0.6 is 0 Å². The summed E-state index contributed by atoms with van der Waals surface area (Å²) in [5.41, 5.74) is 7.00. The predicted octanol–water partition coefficient (Wildman–Crippen LogP) is 3.71. The summed E-state index contributed by atoms with van der Waals surface area (Å²) in [6.07, 6.45) is 1.86. The average Bonchev–Trinajstić information content (AvgIpc) is 3.35. The zero-order chi connectivity index (χ0) is 21.5. The maximum atomic E-state index is 12.5. The molecule has 2 aliphatic heterocycles. The minimum Gasteiger partial charge on any atom is -0.381 e. The van der Waals surface area contributed by atoms with E-state index in [9.17, 15) is 4.79 Å². The number of likely N-dealkylation sites (N-methyl/N-ethyl adjacent to an activating group) is 1. The highest BCUT2D eigenvalue weighted by molar-refractivity contribution is 5.99. The maximum Gasteiger partial charge on any atom is 0.161 e. The molecule has 0 radical (unpaired) electrons. The monoisotopic (exact) mass is 421 g/mol. The van der Waals surface area contributed by atoms with Gasteiger partial charge in [-0.2, -0.15) is 0 Å². The number of aromatic amines is 2. The van der Waals surface area contributed by atoms with Crippen molar-refractivity contribution in [3.8, 4) is 11.5 Å². The summed E-state index contributed by atoms with van der Waals surface area (Å²) in [6, 6.07) is 6.46. The van der Waals surface area contributed by atoms with Gasteiger partial charge in [-0.3, -0.25) is 4.79 Å². The molecule has 1 aromatic carbocycles. The molecule has 31 heavy (non-hydrogen) atoms. The van der Waals surface area contributed by atoms with Crippen LogP contribution in [0.2, 0.25) is 0 Å². The molecule has 7 nitrogen and oxygen atoms in total. The van der Waals surface area contributed by atoms with Crippen LogP contribution < -0.4 is 4.90 Å². The lowest BCUT2D eigenvalue weighted by Gasteiger charge is -2.34. The number of fused-ring (bicyclic) bond motifs is 1. The number of aryl methyl sites for hydroxylation is 1. The van der Waals surface area contributed by atoms with Crippen molar-refractivity contribution in [2.75, 3.05) is 51.3 Å². The number of nitrogens with zero attached hydrogens (tertiary/aromatic N) is 3. The molecule has 0 bridgehead atoms. The molecule has 7 heteroatoms. The quantitative estimate of drug-likeness (QED) is 0.628. The highest BCUT2D eigenvalue weighted by Gasteiger charge is 2.29. The third-order valence-electron chi connectivity index (χ3n) is 6.78. The van der Waals surface area contributed by atoms with Crippen molar-refractivity contribution >= 4 is 22.5 Å².